The van der Waals surface area contributed by atoms with Crippen molar-refractivity contribution in [1.82, 2.24) is 4.98 Å². The molecule has 16 heavy (non-hydrogen) atoms. The van der Waals surface area contributed by atoms with Crippen LogP contribution in [0.1, 0.15) is 25.5 Å². The molecule has 2 aromatic rings. The Labute approximate surface area is 96.3 Å². The molecule has 0 aliphatic carbocycles. The average molecular weight is 214 g/mol. The smallest absolute Gasteiger partial charge is 0.130 e. The van der Waals surface area contributed by atoms with Gasteiger partial charge < -0.3 is 4.74 Å². The Kier molecular flexibility index (Phi) is 3.40. The number of unbranched alkanes of at least 4 members (excludes halogenated alkanes) is 1. The second kappa shape index (κ2) is 4.97. The van der Waals surface area contributed by atoms with E-state index in [1.54, 1.807) is 0 Å². The van der Waals surface area contributed by atoms with Crippen LogP contribution in [0.15, 0.2) is 30.3 Å². The van der Waals surface area contributed by atoms with Crippen molar-refractivity contribution in [2.24, 2.45) is 0 Å². The van der Waals surface area contributed by atoms with Gasteiger partial charge in [-0.25, -0.2) is 0 Å². The molecule has 0 atom stereocenters. The second-order valence-electron chi connectivity index (χ2n) is 3.88. The Bertz CT molecular complexity index is 479. The van der Waals surface area contributed by atoms with Gasteiger partial charge in [0.2, 0.25) is 0 Å². The first-order chi connectivity index (χ1) is 7.85. The Morgan fingerprint density at radius 1 is 1.31 bits per heavy atom. The summed E-state index contributed by atoms with van der Waals surface area (Å²) in [6.07, 6.45) is 3.33. The lowest BCUT2D eigenvalue weighted by atomic mass is 10.1. The van der Waals surface area contributed by atoms with E-state index in [0.717, 1.165) is 35.2 Å². The molecule has 0 saturated heterocycles. The summed E-state index contributed by atoms with van der Waals surface area (Å²) in [4.78, 5) is 4.61. The first-order valence-electron chi connectivity index (χ1n) is 5.66. The van der Waals surface area contributed by atoms with E-state index in [4.69, 9.17) is 4.74 Å². The minimum absolute atomic E-state index is 0.816. The molecular weight excluding hydrogens is 198 g/mol. The number of hydrogen-bond donors (Lipinski definition) is 0. The Balaban J connectivity index is 2.46. The molecule has 0 fully saturated rings. The van der Waals surface area contributed by atoms with E-state index in [0.29, 0.717) is 0 Å². The summed E-state index contributed by atoms with van der Waals surface area (Å²) >= 11 is 0. The third-order valence-corrected chi connectivity index (χ3v) is 2.67. The molecular formula is C14H16NO. The maximum atomic E-state index is 5.16. The van der Waals surface area contributed by atoms with Crippen molar-refractivity contribution in [3.63, 3.8) is 0 Å². The maximum absolute atomic E-state index is 5.16. The third-order valence-electron chi connectivity index (χ3n) is 2.67. The van der Waals surface area contributed by atoms with Gasteiger partial charge in [-0.2, -0.15) is 0 Å². The van der Waals surface area contributed by atoms with E-state index in [1.165, 1.54) is 6.42 Å². The molecule has 0 unspecified atom stereocenters. The zero-order valence-electron chi connectivity index (χ0n) is 9.57. The maximum Gasteiger partial charge on any atom is 0.130 e. The molecule has 2 nitrogen and oxygen atoms in total. The number of ether oxygens (including phenoxy) is 1. The molecule has 1 heterocycles. The SMILES string of the molecule is [CH2]Oc1cc(CCCC)nc2ccccc12. The predicted molar refractivity (Wildman–Crippen MR) is 66.3 cm³/mol. The molecule has 0 bridgehead atoms. The van der Waals surface area contributed by atoms with Crippen LogP contribution in [0.2, 0.25) is 0 Å². The van der Waals surface area contributed by atoms with E-state index in [1.807, 2.05) is 30.3 Å². The van der Waals surface area contributed by atoms with Crippen LogP contribution in [0.25, 0.3) is 10.9 Å². The minimum Gasteiger partial charge on any atom is -0.489 e. The van der Waals surface area contributed by atoms with Gasteiger partial charge >= 0.3 is 0 Å². The number of para-hydroxylation sites is 1. The minimum atomic E-state index is 0.816. The summed E-state index contributed by atoms with van der Waals surface area (Å²) in [6.45, 7) is 2.18. The fourth-order valence-electron chi connectivity index (χ4n) is 1.80. The molecule has 1 aromatic carbocycles. The number of benzene rings is 1. The summed E-state index contributed by atoms with van der Waals surface area (Å²) in [7, 11) is 3.50. The molecule has 0 aliphatic heterocycles. The van der Waals surface area contributed by atoms with Crippen LogP contribution in [0.4, 0.5) is 0 Å². The van der Waals surface area contributed by atoms with Crippen LogP contribution < -0.4 is 4.74 Å². The van der Waals surface area contributed by atoms with Crippen LogP contribution in [0.3, 0.4) is 0 Å². The van der Waals surface area contributed by atoms with Crippen molar-refractivity contribution in [3.8, 4) is 5.75 Å². The first-order valence-corrected chi connectivity index (χ1v) is 5.66. The highest BCUT2D eigenvalue weighted by atomic mass is 16.5. The highest BCUT2D eigenvalue weighted by Gasteiger charge is 2.05. The first kappa shape index (κ1) is 10.9. The number of nitrogens with zero attached hydrogens (tertiary/aromatic N) is 1. The third kappa shape index (κ3) is 2.16. The van der Waals surface area contributed by atoms with E-state index < -0.39 is 0 Å². The topological polar surface area (TPSA) is 22.1 Å². The number of aryl methyl sites for hydroxylation is 1. The zero-order valence-corrected chi connectivity index (χ0v) is 9.57. The van der Waals surface area contributed by atoms with Crippen molar-refractivity contribution in [2.75, 3.05) is 0 Å². The predicted octanol–water partition coefficient (Wildman–Crippen LogP) is 3.75. The number of aromatic nitrogens is 1. The summed E-state index contributed by atoms with van der Waals surface area (Å²) in [5.41, 5.74) is 2.06. The van der Waals surface area contributed by atoms with Crippen LogP contribution in [0, 0.1) is 7.11 Å². The molecule has 1 aromatic heterocycles. The second-order valence-corrected chi connectivity index (χ2v) is 3.88. The zero-order chi connectivity index (χ0) is 11.4. The van der Waals surface area contributed by atoms with Gasteiger partial charge in [0, 0.05) is 17.1 Å². The number of fused-ring (bicyclic) bond motifs is 1. The largest absolute Gasteiger partial charge is 0.489 e. The highest BCUT2D eigenvalue weighted by Crippen LogP contribution is 2.25. The van der Waals surface area contributed by atoms with Gasteiger partial charge in [-0.05, 0) is 25.0 Å². The van der Waals surface area contributed by atoms with Gasteiger partial charge in [0.15, 0.2) is 0 Å². The molecule has 0 amide bonds. The molecule has 0 aliphatic rings. The average Bonchev–Trinajstić information content (AvgIpc) is 2.35. The normalized spacial score (nSPS) is 10.6. The van der Waals surface area contributed by atoms with Crippen LogP contribution in [-0.4, -0.2) is 4.98 Å². The summed E-state index contributed by atoms with van der Waals surface area (Å²) < 4.78 is 5.16. The van der Waals surface area contributed by atoms with Gasteiger partial charge in [0.1, 0.15) is 12.9 Å². The Morgan fingerprint density at radius 2 is 2.12 bits per heavy atom. The summed E-state index contributed by atoms with van der Waals surface area (Å²) in [5.74, 6) is 0.816. The van der Waals surface area contributed by atoms with Crippen LogP contribution >= 0.6 is 0 Å². The molecule has 2 rings (SSSR count). The van der Waals surface area contributed by atoms with Crippen LogP contribution in [-0.2, 0) is 6.42 Å². The Hall–Kier alpha value is -1.57. The molecule has 1 radical (unpaired) electrons. The van der Waals surface area contributed by atoms with Crippen molar-refractivity contribution < 1.29 is 4.74 Å². The van der Waals surface area contributed by atoms with Gasteiger partial charge in [-0.3, -0.25) is 4.98 Å². The van der Waals surface area contributed by atoms with Gasteiger partial charge in [0.05, 0.1) is 5.52 Å². The van der Waals surface area contributed by atoms with E-state index in [9.17, 15) is 0 Å². The van der Waals surface area contributed by atoms with Crippen LogP contribution in [0.5, 0.6) is 5.75 Å². The lowest BCUT2D eigenvalue weighted by Crippen LogP contribution is -1.93. The fourth-order valence-corrected chi connectivity index (χ4v) is 1.80. The number of hydrogen-bond acceptors (Lipinski definition) is 2. The van der Waals surface area contributed by atoms with Crippen molar-refractivity contribution >= 4 is 10.9 Å². The summed E-state index contributed by atoms with van der Waals surface area (Å²) in [6, 6.07) is 9.98. The fraction of sp³-hybridized carbons (Fsp3) is 0.286. The van der Waals surface area contributed by atoms with Crippen molar-refractivity contribution in [1.29, 1.82) is 0 Å². The molecule has 0 N–H and O–H groups in total. The van der Waals surface area contributed by atoms with E-state index >= 15 is 0 Å². The summed E-state index contributed by atoms with van der Waals surface area (Å²) in [5, 5.41) is 1.03. The van der Waals surface area contributed by atoms with Gasteiger partial charge in [-0.15, -0.1) is 0 Å². The van der Waals surface area contributed by atoms with Crippen molar-refractivity contribution in [2.45, 2.75) is 26.2 Å². The van der Waals surface area contributed by atoms with E-state index in [-0.39, 0.29) is 0 Å². The van der Waals surface area contributed by atoms with Gasteiger partial charge in [-0.1, -0.05) is 25.5 Å². The Morgan fingerprint density at radius 3 is 2.88 bits per heavy atom. The quantitative estimate of drug-likeness (QED) is 0.773. The lowest BCUT2D eigenvalue weighted by molar-refractivity contribution is 0.477. The van der Waals surface area contributed by atoms with Crippen molar-refractivity contribution in [3.05, 3.63) is 43.1 Å². The molecule has 0 spiro atoms. The highest BCUT2D eigenvalue weighted by molar-refractivity contribution is 5.85. The standard InChI is InChI=1S/C14H16NO/c1-3-4-7-11-10-14(16-2)12-8-5-6-9-13(12)15-11/h5-6,8-10H,2-4,7H2,1H3. The monoisotopic (exact) mass is 214 g/mol. The van der Waals surface area contributed by atoms with Gasteiger partial charge in [0.25, 0.3) is 0 Å². The molecule has 2 heteroatoms. The number of rotatable bonds is 4. The molecule has 83 valence electrons. The van der Waals surface area contributed by atoms with E-state index in [2.05, 4.69) is 19.0 Å². The number of pyridine rings is 1. The lowest BCUT2D eigenvalue weighted by Gasteiger charge is -2.07. The molecule has 0 saturated carbocycles.